The van der Waals surface area contributed by atoms with Gasteiger partial charge in [-0.25, -0.2) is 12.7 Å². The monoisotopic (exact) mass is 498 g/mol. The van der Waals surface area contributed by atoms with Crippen LogP contribution >= 0.6 is 23.2 Å². The highest BCUT2D eigenvalue weighted by Gasteiger charge is 2.33. The van der Waals surface area contributed by atoms with Crippen molar-refractivity contribution in [2.75, 3.05) is 26.2 Å². The number of nitrogens with one attached hydrogen (secondary N) is 1. The van der Waals surface area contributed by atoms with Crippen LogP contribution in [0.15, 0.2) is 36.4 Å². The molecule has 1 atom stereocenters. The smallest absolute Gasteiger partial charge is 0.224 e. The first kappa shape index (κ1) is 24.8. The lowest BCUT2D eigenvalue weighted by atomic mass is 9.99. The van der Waals surface area contributed by atoms with Crippen molar-refractivity contribution < 1.29 is 17.9 Å². The molecule has 0 saturated carbocycles. The van der Waals surface area contributed by atoms with Crippen molar-refractivity contribution >= 4 is 39.1 Å². The Morgan fingerprint density at radius 1 is 1.16 bits per heavy atom. The Morgan fingerprint density at radius 3 is 2.47 bits per heavy atom. The highest BCUT2D eigenvalue weighted by atomic mass is 35.5. The molecule has 6 nitrogen and oxygen atoms in total. The number of rotatable bonds is 8. The number of amides is 1. The van der Waals surface area contributed by atoms with Crippen LogP contribution in [-0.2, 0) is 20.6 Å². The number of benzene rings is 2. The van der Waals surface area contributed by atoms with Gasteiger partial charge in [-0.3, -0.25) is 4.79 Å². The molecule has 0 unspecified atom stereocenters. The van der Waals surface area contributed by atoms with Crippen LogP contribution in [0.5, 0.6) is 5.75 Å². The van der Waals surface area contributed by atoms with Gasteiger partial charge in [-0.05, 0) is 62.1 Å². The van der Waals surface area contributed by atoms with Gasteiger partial charge in [-0.2, -0.15) is 0 Å². The van der Waals surface area contributed by atoms with Crippen molar-refractivity contribution in [3.63, 3.8) is 0 Å². The fourth-order valence-corrected chi connectivity index (χ4v) is 6.22. The van der Waals surface area contributed by atoms with E-state index in [0.717, 1.165) is 16.9 Å². The van der Waals surface area contributed by atoms with Crippen molar-refractivity contribution in [1.29, 1.82) is 0 Å². The quantitative estimate of drug-likeness (QED) is 0.549. The fourth-order valence-electron chi connectivity index (χ4n) is 3.86. The van der Waals surface area contributed by atoms with Crippen LogP contribution in [0.3, 0.4) is 0 Å². The maximum Gasteiger partial charge on any atom is 0.224 e. The summed E-state index contributed by atoms with van der Waals surface area (Å²) in [5, 5.41) is 3.50. The average Bonchev–Trinajstić information content (AvgIpc) is 2.73. The third-order valence-electron chi connectivity index (χ3n) is 5.40. The third kappa shape index (κ3) is 6.61. The Hall–Kier alpha value is -1.80. The first-order chi connectivity index (χ1) is 15.2. The van der Waals surface area contributed by atoms with Gasteiger partial charge in [0.15, 0.2) is 0 Å². The Morgan fingerprint density at radius 2 is 1.81 bits per heavy atom. The second-order valence-corrected chi connectivity index (χ2v) is 10.9. The van der Waals surface area contributed by atoms with Crippen molar-refractivity contribution in [2.24, 2.45) is 5.92 Å². The number of hydrogen-bond donors (Lipinski definition) is 1. The third-order valence-corrected chi connectivity index (χ3v) is 7.88. The number of hydrogen-bond acceptors (Lipinski definition) is 4. The number of halogens is 2. The normalized spacial score (nSPS) is 17.2. The molecule has 1 amide bonds. The van der Waals surface area contributed by atoms with Gasteiger partial charge >= 0.3 is 0 Å². The van der Waals surface area contributed by atoms with Crippen molar-refractivity contribution in [3.8, 4) is 5.75 Å². The average molecular weight is 499 g/mol. The number of aryl methyl sites for hydroxylation is 2. The van der Waals surface area contributed by atoms with E-state index in [0.29, 0.717) is 48.1 Å². The number of piperidine rings is 1. The minimum atomic E-state index is -3.66. The molecule has 2 aromatic carbocycles. The molecule has 9 heteroatoms. The lowest BCUT2D eigenvalue weighted by Crippen LogP contribution is -2.46. The van der Waals surface area contributed by atoms with Gasteiger partial charge in [0.1, 0.15) is 12.4 Å². The summed E-state index contributed by atoms with van der Waals surface area (Å²) >= 11 is 12.3. The Balaban J connectivity index is 1.52. The second-order valence-electron chi connectivity index (χ2n) is 8.12. The largest absolute Gasteiger partial charge is 0.492 e. The van der Waals surface area contributed by atoms with Crippen LogP contribution in [0, 0.1) is 19.8 Å². The molecule has 32 heavy (non-hydrogen) atoms. The van der Waals surface area contributed by atoms with Gasteiger partial charge in [0.25, 0.3) is 0 Å². The summed E-state index contributed by atoms with van der Waals surface area (Å²) in [7, 11) is -3.66. The zero-order valence-corrected chi connectivity index (χ0v) is 20.6. The van der Waals surface area contributed by atoms with E-state index in [1.54, 1.807) is 18.2 Å². The topological polar surface area (TPSA) is 75.7 Å². The van der Waals surface area contributed by atoms with Gasteiger partial charge < -0.3 is 10.1 Å². The van der Waals surface area contributed by atoms with E-state index in [1.165, 1.54) is 4.31 Å². The molecular formula is C23H28Cl2N2O4S. The van der Waals surface area contributed by atoms with Crippen molar-refractivity contribution in [2.45, 2.75) is 32.4 Å². The molecule has 0 spiro atoms. The maximum atomic E-state index is 13.0. The predicted molar refractivity (Wildman–Crippen MR) is 128 cm³/mol. The second kappa shape index (κ2) is 10.9. The summed E-state index contributed by atoms with van der Waals surface area (Å²) < 4.78 is 33.0. The fraction of sp³-hybridized carbons (Fsp3) is 0.435. The molecule has 3 rings (SSSR count). The predicted octanol–water partition coefficient (Wildman–Crippen LogP) is 4.35. The van der Waals surface area contributed by atoms with Gasteiger partial charge in [-0.1, -0.05) is 35.3 Å². The SMILES string of the molecule is Cc1cc(C)cc(OCCNC(=O)[C@@H]2CCCN(S(=O)(=O)Cc3c(Cl)cccc3Cl)C2)c1. The molecule has 0 aliphatic carbocycles. The van der Waals surface area contributed by atoms with Gasteiger partial charge in [0, 0.05) is 28.7 Å². The molecule has 2 aromatic rings. The van der Waals surface area contributed by atoms with Crippen molar-refractivity contribution in [3.05, 3.63) is 63.1 Å². The summed E-state index contributed by atoms with van der Waals surface area (Å²) in [4.78, 5) is 12.6. The maximum absolute atomic E-state index is 13.0. The lowest BCUT2D eigenvalue weighted by molar-refractivity contribution is -0.126. The number of ether oxygens (including phenoxy) is 1. The lowest BCUT2D eigenvalue weighted by Gasteiger charge is -2.31. The van der Waals surface area contributed by atoms with Crippen LogP contribution in [-0.4, -0.2) is 44.9 Å². The minimum Gasteiger partial charge on any atom is -0.492 e. The zero-order valence-electron chi connectivity index (χ0n) is 18.2. The van der Waals surface area contributed by atoms with Crippen LogP contribution in [0.2, 0.25) is 10.0 Å². The summed E-state index contributed by atoms with van der Waals surface area (Å²) in [6.45, 7) is 5.23. The van der Waals surface area contributed by atoms with Crippen LogP contribution in [0.25, 0.3) is 0 Å². The zero-order chi connectivity index (χ0) is 23.3. The molecular weight excluding hydrogens is 471 g/mol. The number of carbonyl (C=O) groups is 1. The van der Waals surface area contributed by atoms with E-state index in [4.69, 9.17) is 27.9 Å². The molecule has 0 aromatic heterocycles. The molecule has 174 valence electrons. The molecule has 1 fully saturated rings. The number of sulfonamides is 1. The van der Waals surface area contributed by atoms with Crippen LogP contribution in [0.4, 0.5) is 0 Å². The molecule has 1 aliphatic rings. The number of carbonyl (C=O) groups excluding carboxylic acids is 1. The molecule has 0 radical (unpaired) electrons. The summed E-state index contributed by atoms with van der Waals surface area (Å²) in [6.07, 6.45) is 1.26. The molecule has 1 saturated heterocycles. The van der Waals surface area contributed by atoms with Gasteiger partial charge in [0.2, 0.25) is 15.9 Å². The number of nitrogens with zero attached hydrogens (tertiary/aromatic N) is 1. The highest BCUT2D eigenvalue weighted by Crippen LogP contribution is 2.29. The Bertz CT molecular complexity index is 1040. The first-order valence-corrected chi connectivity index (χ1v) is 12.9. The van der Waals surface area contributed by atoms with Crippen LogP contribution in [0.1, 0.15) is 29.5 Å². The summed E-state index contributed by atoms with van der Waals surface area (Å²) in [6, 6.07) is 10.9. The Kier molecular flexibility index (Phi) is 8.44. The van der Waals surface area contributed by atoms with Gasteiger partial charge in [-0.15, -0.1) is 0 Å². The van der Waals surface area contributed by atoms with E-state index in [1.807, 2.05) is 26.0 Å². The Labute approximate surface area is 199 Å². The van der Waals surface area contributed by atoms with Crippen molar-refractivity contribution in [1.82, 2.24) is 9.62 Å². The summed E-state index contributed by atoms with van der Waals surface area (Å²) in [5.74, 6) is -0.0834. The molecule has 1 heterocycles. The standard InChI is InChI=1S/C23H28Cl2N2O4S/c1-16-11-17(2)13-19(12-16)31-10-8-26-23(28)18-5-4-9-27(14-18)32(29,30)15-20-21(24)6-3-7-22(20)25/h3,6-7,11-13,18H,4-5,8-10,14-15H2,1-2H3,(H,26,28)/t18-/m1/s1. The van der Waals surface area contributed by atoms with Gasteiger partial charge in [0.05, 0.1) is 18.2 Å². The van der Waals surface area contributed by atoms with E-state index in [9.17, 15) is 13.2 Å². The van der Waals surface area contributed by atoms with E-state index < -0.39 is 15.9 Å². The highest BCUT2D eigenvalue weighted by molar-refractivity contribution is 7.88. The minimum absolute atomic E-state index is 0.147. The van der Waals surface area contributed by atoms with E-state index in [-0.39, 0.29) is 18.2 Å². The molecule has 0 bridgehead atoms. The van der Waals surface area contributed by atoms with Crippen LogP contribution < -0.4 is 10.1 Å². The molecule has 1 aliphatic heterocycles. The van der Waals surface area contributed by atoms with E-state index in [2.05, 4.69) is 11.4 Å². The summed E-state index contributed by atoms with van der Waals surface area (Å²) in [5.41, 5.74) is 2.61. The molecule has 1 N–H and O–H groups in total. The van der Waals surface area contributed by atoms with E-state index >= 15 is 0 Å². The first-order valence-electron chi connectivity index (χ1n) is 10.6.